The molecule has 1 atom stereocenters. The van der Waals surface area contributed by atoms with Crippen LogP contribution in [0, 0.1) is 0 Å². The van der Waals surface area contributed by atoms with Gasteiger partial charge in [0.2, 0.25) is 0 Å². The molecule has 2 N–H and O–H groups in total. The molecule has 0 saturated carbocycles. The van der Waals surface area contributed by atoms with Gasteiger partial charge in [0.05, 0.1) is 5.56 Å². The summed E-state index contributed by atoms with van der Waals surface area (Å²) in [4.78, 5) is 24.4. The number of hydrogen-bond donors (Lipinski definition) is 2. The molecular formula is C22H19NO3S. The summed E-state index contributed by atoms with van der Waals surface area (Å²) in [5, 5.41) is 14.9. The maximum Gasteiger partial charge on any atom is 0.339 e. The molecule has 1 heterocycles. The SMILES string of the molecule is O=C(Nc1scc(C2CCc3ccccc3C2)c1C(=O)O)c1ccccc1. The predicted octanol–water partition coefficient (Wildman–Crippen LogP) is 4.97. The van der Waals surface area contributed by atoms with Gasteiger partial charge in [0, 0.05) is 5.56 Å². The highest BCUT2D eigenvalue weighted by molar-refractivity contribution is 7.15. The van der Waals surface area contributed by atoms with E-state index in [-0.39, 0.29) is 17.4 Å². The zero-order chi connectivity index (χ0) is 18.8. The molecule has 1 amide bonds. The van der Waals surface area contributed by atoms with Crippen LogP contribution in [0.5, 0.6) is 0 Å². The third-order valence-electron chi connectivity index (χ3n) is 5.08. The molecule has 1 aliphatic rings. The number of amides is 1. The Bertz CT molecular complexity index is 994. The summed E-state index contributed by atoms with van der Waals surface area (Å²) < 4.78 is 0. The van der Waals surface area contributed by atoms with Gasteiger partial charge in [0.1, 0.15) is 5.00 Å². The Morgan fingerprint density at radius 2 is 1.70 bits per heavy atom. The van der Waals surface area contributed by atoms with Crippen molar-refractivity contribution in [3.05, 3.63) is 87.8 Å². The lowest BCUT2D eigenvalue weighted by atomic mass is 9.80. The number of carbonyl (C=O) groups is 2. The van der Waals surface area contributed by atoms with Crippen LogP contribution in [-0.4, -0.2) is 17.0 Å². The van der Waals surface area contributed by atoms with Crippen molar-refractivity contribution in [1.82, 2.24) is 0 Å². The fourth-order valence-corrected chi connectivity index (χ4v) is 4.74. The Balaban J connectivity index is 1.62. The van der Waals surface area contributed by atoms with E-state index < -0.39 is 5.97 Å². The first-order chi connectivity index (χ1) is 13.1. The molecule has 1 aromatic heterocycles. The monoisotopic (exact) mass is 377 g/mol. The number of carboxylic acid groups (broad SMARTS) is 1. The van der Waals surface area contributed by atoms with Gasteiger partial charge in [-0.25, -0.2) is 4.79 Å². The Morgan fingerprint density at radius 1 is 1.00 bits per heavy atom. The molecule has 0 spiro atoms. The molecule has 4 nitrogen and oxygen atoms in total. The number of fused-ring (bicyclic) bond motifs is 1. The van der Waals surface area contributed by atoms with Gasteiger partial charge < -0.3 is 10.4 Å². The fraction of sp³-hybridized carbons (Fsp3) is 0.182. The van der Waals surface area contributed by atoms with Gasteiger partial charge in [0.15, 0.2) is 0 Å². The molecule has 27 heavy (non-hydrogen) atoms. The summed E-state index contributed by atoms with van der Waals surface area (Å²) in [7, 11) is 0. The van der Waals surface area contributed by atoms with Gasteiger partial charge in [-0.05, 0) is 59.4 Å². The van der Waals surface area contributed by atoms with Crippen molar-refractivity contribution in [2.24, 2.45) is 0 Å². The lowest BCUT2D eigenvalue weighted by Gasteiger charge is -2.24. The highest BCUT2D eigenvalue weighted by Gasteiger charge is 2.28. The van der Waals surface area contributed by atoms with Gasteiger partial charge in [0.25, 0.3) is 5.91 Å². The topological polar surface area (TPSA) is 66.4 Å². The van der Waals surface area contributed by atoms with Crippen molar-refractivity contribution in [3.8, 4) is 0 Å². The summed E-state index contributed by atoms with van der Waals surface area (Å²) >= 11 is 1.29. The molecule has 4 rings (SSSR count). The fourth-order valence-electron chi connectivity index (χ4n) is 3.71. The number of thiophene rings is 1. The van der Waals surface area contributed by atoms with E-state index in [1.165, 1.54) is 22.5 Å². The quantitative estimate of drug-likeness (QED) is 0.674. The number of aromatic carboxylic acids is 1. The molecule has 0 radical (unpaired) electrons. The van der Waals surface area contributed by atoms with Crippen LogP contribution in [0.25, 0.3) is 0 Å². The number of carbonyl (C=O) groups excluding carboxylic acids is 1. The smallest absolute Gasteiger partial charge is 0.339 e. The Morgan fingerprint density at radius 3 is 2.44 bits per heavy atom. The second-order valence-corrected chi connectivity index (χ2v) is 7.61. The molecule has 0 aliphatic heterocycles. The number of anilines is 1. The van der Waals surface area contributed by atoms with E-state index in [0.717, 1.165) is 24.8 Å². The zero-order valence-electron chi connectivity index (χ0n) is 14.6. The minimum Gasteiger partial charge on any atom is -0.478 e. The predicted molar refractivity (Wildman–Crippen MR) is 107 cm³/mol. The van der Waals surface area contributed by atoms with Crippen molar-refractivity contribution in [3.63, 3.8) is 0 Å². The Kier molecular flexibility index (Phi) is 4.77. The molecule has 0 bridgehead atoms. The molecule has 0 fully saturated rings. The van der Waals surface area contributed by atoms with Gasteiger partial charge in [-0.3, -0.25) is 4.79 Å². The first-order valence-electron chi connectivity index (χ1n) is 8.91. The van der Waals surface area contributed by atoms with Crippen molar-refractivity contribution in [2.45, 2.75) is 25.2 Å². The van der Waals surface area contributed by atoms with E-state index >= 15 is 0 Å². The summed E-state index contributed by atoms with van der Waals surface area (Å²) in [6.07, 6.45) is 2.70. The molecule has 136 valence electrons. The number of nitrogens with one attached hydrogen (secondary N) is 1. The highest BCUT2D eigenvalue weighted by atomic mass is 32.1. The normalized spacial score (nSPS) is 15.8. The average molecular weight is 377 g/mol. The zero-order valence-corrected chi connectivity index (χ0v) is 15.5. The maximum atomic E-state index is 12.4. The van der Waals surface area contributed by atoms with Crippen molar-refractivity contribution >= 4 is 28.2 Å². The van der Waals surface area contributed by atoms with Crippen LogP contribution in [0.4, 0.5) is 5.00 Å². The molecule has 2 aromatic carbocycles. The van der Waals surface area contributed by atoms with Crippen LogP contribution in [0.2, 0.25) is 0 Å². The van der Waals surface area contributed by atoms with E-state index in [2.05, 4.69) is 17.4 Å². The van der Waals surface area contributed by atoms with E-state index in [1.807, 2.05) is 23.6 Å². The number of hydrogen-bond acceptors (Lipinski definition) is 3. The third-order valence-corrected chi connectivity index (χ3v) is 6.00. The van der Waals surface area contributed by atoms with Crippen LogP contribution in [-0.2, 0) is 12.8 Å². The van der Waals surface area contributed by atoms with Crippen molar-refractivity contribution < 1.29 is 14.7 Å². The van der Waals surface area contributed by atoms with E-state index in [0.29, 0.717) is 10.6 Å². The van der Waals surface area contributed by atoms with Crippen LogP contribution < -0.4 is 5.32 Å². The third kappa shape index (κ3) is 3.51. The maximum absolute atomic E-state index is 12.4. The van der Waals surface area contributed by atoms with E-state index in [4.69, 9.17) is 0 Å². The second-order valence-electron chi connectivity index (χ2n) is 6.73. The average Bonchev–Trinajstić information content (AvgIpc) is 3.12. The molecule has 3 aromatic rings. The molecular weight excluding hydrogens is 358 g/mol. The minimum absolute atomic E-state index is 0.157. The van der Waals surface area contributed by atoms with Crippen LogP contribution in [0.1, 0.15) is 49.7 Å². The highest BCUT2D eigenvalue weighted by Crippen LogP contribution is 2.39. The molecule has 5 heteroatoms. The number of rotatable bonds is 4. The molecule has 1 aliphatic carbocycles. The van der Waals surface area contributed by atoms with E-state index in [1.54, 1.807) is 24.3 Å². The largest absolute Gasteiger partial charge is 0.478 e. The molecule has 0 saturated heterocycles. The Labute approximate surface area is 161 Å². The number of aryl methyl sites for hydroxylation is 1. The van der Waals surface area contributed by atoms with Gasteiger partial charge in [-0.15, -0.1) is 11.3 Å². The van der Waals surface area contributed by atoms with Gasteiger partial charge in [-0.2, -0.15) is 0 Å². The first-order valence-corrected chi connectivity index (χ1v) is 9.79. The first kappa shape index (κ1) is 17.5. The van der Waals surface area contributed by atoms with Crippen molar-refractivity contribution in [1.29, 1.82) is 0 Å². The summed E-state index contributed by atoms with van der Waals surface area (Å²) in [5.74, 6) is -1.13. The van der Waals surface area contributed by atoms with Crippen LogP contribution in [0.15, 0.2) is 60.0 Å². The lowest BCUT2D eigenvalue weighted by Crippen LogP contribution is -2.17. The van der Waals surface area contributed by atoms with Crippen molar-refractivity contribution in [2.75, 3.05) is 5.32 Å². The summed E-state index contributed by atoms with van der Waals surface area (Å²) in [6, 6.07) is 17.2. The summed E-state index contributed by atoms with van der Waals surface area (Å²) in [6.45, 7) is 0. The van der Waals surface area contributed by atoms with E-state index in [9.17, 15) is 14.7 Å². The van der Waals surface area contributed by atoms with Crippen LogP contribution >= 0.6 is 11.3 Å². The summed E-state index contributed by atoms with van der Waals surface area (Å²) in [5.41, 5.74) is 4.19. The number of benzene rings is 2. The van der Waals surface area contributed by atoms with Gasteiger partial charge in [-0.1, -0.05) is 42.5 Å². The van der Waals surface area contributed by atoms with Crippen LogP contribution in [0.3, 0.4) is 0 Å². The lowest BCUT2D eigenvalue weighted by molar-refractivity contribution is 0.0696. The Hall–Kier alpha value is -2.92. The number of carboxylic acids is 1. The standard InChI is InChI=1S/C22H19NO3S/c24-20(15-7-2-1-3-8-15)23-21-19(22(25)26)18(13-27-21)17-11-10-14-6-4-5-9-16(14)12-17/h1-9,13,17H,10-12H2,(H,23,24)(H,25,26). The minimum atomic E-state index is -0.992. The van der Waals surface area contributed by atoms with Gasteiger partial charge >= 0.3 is 5.97 Å². The second kappa shape index (κ2) is 7.37. The molecule has 1 unspecified atom stereocenters.